The average Bonchev–Trinajstić information content (AvgIpc) is 1.56. The van der Waals surface area contributed by atoms with Crippen molar-refractivity contribution >= 4 is 0 Å². The van der Waals surface area contributed by atoms with E-state index < -0.39 is 0 Å². The van der Waals surface area contributed by atoms with Crippen LogP contribution >= 0.6 is 0 Å². The molecule has 0 aliphatic heterocycles. The van der Waals surface area contributed by atoms with Gasteiger partial charge in [0, 0.05) is 0 Å². The Labute approximate surface area is 64.3 Å². The largest absolute Gasteiger partial charge is 0.0772 e. The van der Waals surface area contributed by atoms with Crippen molar-refractivity contribution in [2.24, 2.45) is 11.8 Å². The van der Waals surface area contributed by atoms with Gasteiger partial charge in [0.2, 0.25) is 0 Å². The summed E-state index contributed by atoms with van der Waals surface area (Å²) >= 11 is 0. The summed E-state index contributed by atoms with van der Waals surface area (Å²) in [6.45, 7) is 9.11. The molecule has 0 aromatic rings. The summed E-state index contributed by atoms with van der Waals surface area (Å²) in [5.41, 5.74) is 3.26. The second kappa shape index (κ2) is 2.77. The lowest BCUT2D eigenvalue weighted by Crippen LogP contribution is -2.20. The summed E-state index contributed by atoms with van der Waals surface area (Å²) < 4.78 is 0. The summed E-state index contributed by atoms with van der Waals surface area (Å²) in [5, 5.41) is 0. The van der Waals surface area contributed by atoms with Crippen LogP contribution in [0.25, 0.3) is 0 Å². The molecule has 1 saturated carbocycles. The van der Waals surface area contributed by atoms with Gasteiger partial charge in [-0.25, -0.2) is 0 Å². The van der Waals surface area contributed by atoms with E-state index in [4.69, 9.17) is 0 Å². The van der Waals surface area contributed by atoms with Crippen LogP contribution in [0.15, 0.2) is 11.1 Å². The summed E-state index contributed by atoms with van der Waals surface area (Å²) in [7, 11) is 0. The van der Waals surface area contributed by atoms with Crippen LogP contribution in [0.5, 0.6) is 0 Å². The SMILES string of the molecule is CC(C)=C1CC(C(C)C)C1. The monoisotopic (exact) mass is 138 g/mol. The van der Waals surface area contributed by atoms with Crippen molar-refractivity contribution in [3.63, 3.8) is 0 Å². The van der Waals surface area contributed by atoms with Gasteiger partial charge in [0.1, 0.15) is 0 Å². The van der Waals surface area contributed by atoms with Gasteiger partial charge in [0.25, 0.3) is 0 Å². The lowest BCUT2D eigenvalue weighted by atomic mass is 9.72. The second-order valence-electron chi connectivity index (χ2n) is 4.02. The summed E-state index contributed by atoms with van der Waals surface area (Å²) in [4.78, 5) is 0. The van der Waals surface area contributed by atoms with Crippen LogP contribution in [0, 0.1) is 11.8 Å². The van der Waals surface area contributed by atoms with Crippen LogP contribution in [-0.4, -0.2) is 0 Å². The van der Waals surface area contributed by atoms with Gasteiger partial charge in [0.05, 0.1) is 0 Å². The van der Waals surface area contributed by atoms with Crippen molar-refractivity contribution in [2.45, 2.75) is 40.5 Å². The highest BCUT2D eigenvalue weighted by atomic mass is 14.3. The molecule has 0 saturated heterocycles. The molecule has 0 aromatic carbocycles. The molecule has 1 fully saturated rings. The van der Waals surface area contributed by atoms with Crippen LogP contribution in [-0.2, 0) is 0 Å². The first-order chi connectivity index (χ1) is 4.61. The van der Waals surface area contributed by atoms with E-state index in [0.717, 1.165) is 11.8 Å². The fourth-order valence-corrected chi connectivity index (χ4v) is 1.45. The van der Waals surface area contributed by atoms with Gasteiger partial charge in [-0.2, -0.15) is 0 Å². The Morgan fingerprint density at radius 3 is 2.10 bits per heavy atom. The van der Waals surface area contributed by atoms with Crippen molar-refractivity contribution in [2.75, 3.05) is 0 Å². The normalized spacial score (nSPS) is 24.9. The van der Waals surface area contributed by atoms with E-state index in [1.807, 2.05) is 0 Å². The summed E-state index contributed by atoms with van der Waals surface area (Å²) in [6, 6.07) is 0. The Kier molecular flexibility index (Phi) is 2.18. The molecule has 0 spiro atoms. The highest BCUT2D eigenvalue weighted by Crippen LogP contribution is 2.39. The number of hydrogen-bond donors (Lipinski definition) is 0. The van der Waals surface area contributed by atoms with E-state index in [0.29, 0.717) is 0 Å². The molecule has 0 bridgehead atoms. The molecule has 0 heteroatoms. The van der Waals surface area contributed by atoms with Gasteiger partial charge < -0.3 is 0 Å². The first-order valence-corrected chi connectivity index (χ1v) is 4.26. The van der Waals surface area contributed by atoms with E-state index in [1.54, 1.807) is 11.1 Å². The van der Waals surface area contributed by atoms with Gasteiger partial charge in [-0.15, -0.1) is 0 Å². The minimum atomic E-state index is 0.892. The van der Waals surface area contributed by atoms with E-state index in [9.17, 15) is 0 Å². The van der Waals surface area contributed by atoms with Crippen molar-refractivity contribution in [3.8, 4) is 0 Å². The maximum Gasteiger partial charge on any atom is -0.0284 e. The molecule has 1 aliphatic rings. The predicted octanol–water partition coefficient (Wildman–Crippen LogP) is 3.39. The molecule has 1 aliphatic carbocycles. The maximum atomic E-state index is 2.33. The molecule has 0 nitrogen and oxygen atoms in total. The molecular formula is C10H18. The molecule has 0 atom stereocenters. The van der Waals surface area contributed by atoms with E-state index >= 15 is 0 Å². The van der Waals surface area contributed by atoms with Crippen molar-refractivity contribution < 1.29 is 0 Å². The molecule has 0 unspecified atom stereocenters. The highest BCUT2D eigenvalue weighted by molar-refractivity contribution is 5.18. The fourth-order valence-electron chi connectivity index (χ4n) is 1.45. The van der Waals surface area contributed by atoms with Crippen LogP contribution in [0.3, 0.4) is 0 Å². The van der Waals surface area contributed by atoms with Crippen LogP contribution < -0.4 is 0 Å². The third-order valence-electron chi connectivity index (χ3n) is 2.67. The van der Waals surface area contributed by atoms with Gasteiger partial charge in [-0.3, -0.25) is 0 Å². The lowest BCUT2D eigenvalue weighted by molar-refractivity contribution is 0.306. The Morgan fingerprint density at radius 1 is 1.30 bits per heavy atom. The smallest absolute Gasteiger partial charge is 0.0284 e. The molecule has 1 rings (SSSR count). The Balaban J connectivity index is 2.38. The van der Waals surface area contributed by atoms with Crippen LogP contribution in [0.1, 0.15) is 40.5 Å². The van der Waals surface area contributed by atoms with Gasteiger partial charge in [-0.1, -0.05) is 25.0 Å². The first-order valence-electron chi connectivity index (χ1n) is 4.26. The van der Waals surface area contributed by atoms with E-state index in [-0.39, 0.29) is 0 Å². The zero-order valence-electron chi connectivity index (χ0n) is 7.57. The molecule has 0 amide bonds. The molecule has 0 aromatic heterocycles. The van der Waals surface area contributed by atoms with Gasteiger partial charge in [-0.05, 0) is 38.5 Å². The molecular weight excluding hydrogens is 120 g/mol. The average molecular weight is 138 g/mol. The van der Waals surface area contributed by atoms with E-state index in [2.05, 4.69) is 27.7 Å². The minimum Gasteiger partial charge on any atom is -0.0772 e. The van der Waals surface area contributed by atoms with Crippen molar-refractivity contribution in [1.29, 1.82) is 0 Å². The molecule has 0 radical (unpaired) electrons. The quantitative estimate of drug-likeness (QED) is 0.487. The van der Waals surface area contributed by atoms with Crippen LogP contribution in [0.2, 0.25) is 0 Å². The zero-order chi connectivity index (χ0) is 7.72. The first kappa shape index (κ1) is 7.84. The summed E-state index contributed by atoms with van der Waals surface area (Å²) in [6.07, 6.45) is 2.75. The fraction of sp³-hybridized carbons (Fsp3) is 0.800. The zero-order valence-corrected chi connectivity index (χ0v) is 7.57. The Hall–Kier alpha value is -0.260. The van der Waals surface area contributed by atoms with Crippen LogP contribution in [0.4, 0.5) is 0 Å². The summed E-state index contributed by atoms with van der Waals surface area (Å²) in [5.74, 6) is 1.88. The Morgan fingerprint density at radius 2 is 1.80 bits per heavy atom. The second-order valence-corrected chi connectivity index (χ2v) is 4.02. The molecule has 0 heterocycles. The third-order valence-corrected chi connectivity index (χ3v) is 2.67. The highest BCUT2D eigenvalue weighted by Gasteiger charge is 2.25. The van der Waals surface area contributed by atoms with Gasteiger partial charge in [0.15, 0.2) is 0 Å². The Bertz CT molecular complexity index is 139. The lowest BCUT2D eigenvalue weighted by Gasteiger charge is -2.33. The van der Waals surface area contributed by atoms with E-state index in [1.165, 1.54) is 12.8 Å². The standard InChI is InChI=1S/C10H18/c1-7(2)9-5-10(6-9)8(3)4/h7,9H,5-6H2,1-4H3. The number of allylic oxidation sites excluding steroid dienone is 2. The minimum absolute atomic E-state index is 0.892. The third kappa shape index (κ3) is 1.42. The topological polar surface area (TPSA) is 0 Å². The molecule has 0 N–H and O–H groups in total. The van der Waals surface area contributed by atoms with Crippen molar-refractivity contribution in [3.05, 3.63) is 11.1 Å². The van der Waals surface area contributed by atoms with Crippen molar-refractivity contribution in [1.82, 2.24) is 0 Å². The molecule has 58 valence electrons. The van der Waals surface area contributed by atoms with Gasteiger partial charge >= 0.3 is 0 Å². The number of hydrogen-bond acceptors (Lipinski definition) is 0. The molecule has 10 heavy (non-hydrogen) atoms. The number of rotatable bonds is 1. The predicted molar refractivity (Wildman–Crippen MR) is 45.9 cm³/mol. The maximum absolute atomic E-state index is 2.33.